The molecule has 1 aromatic heterocycles. The predicted molar refractivity (Wildman–Crippen MR) is 158 cm³/mol. The smallest absolute Gasteiger partial charge is 0.159 e. The average molecular weight is 493 g/mol. The molecule has 0 saturated carbocycles. The predicted octanol–water partition coefficient (Wildman–Crippen LogP) is 10.9. The molecule has 2 heteroatoms. The molecular weight excluding hydrogens is 436 g/mol. The van der Waals surface area contributed by atoms with Crippen LogP contribution in [0.4, 0.5) is 0 Å². The third-order valence-electron chi connectivity index (χ3n) is 7.48. The van der Waals surface area contributed by atoms with Gasteiger partial charge in [0.05, 0.1) is 0 Å². The molecule has 0 spiro atoms. The van der Waals surface area contributed by atoms with Crippen LogP contribution in [-0.4, -0.2) is 9.97 Å². The maximum Gasteiger partial charge on any atom is 0.159 e. The summed E-state index contributed by atoms with van der Waals surface area (Å²) in [6.07, 6.45) is 31.3. The summed E-state index contributed by atoms with van der Waals surface area (Å²) >= 11 is 0. The summed E-state index contributed by atoms with van der Waals surface area (Å²) < 4.78 is 0. The lowest BCUT2D eigenvalue weighted by atomic mass is 10.0. The van der Waals surface area contributed by atoms with Crippen LogP contribution in [0.1, 0.15) is 147 Å². The van der Waals surface area contributed by atoms with Crippen molar-refractivity contribution in [2.75, 3.05) is 0 Å². The summed E-state index contributed by atoms with van der Waals surface area (Å²) in [4.78, 5) is 9.32. The van der Waals surface area contributed by atoms with Gasteiger partial charge < -0.3 is 0 Å². The summed E-state index contributed by atoms with van der Waals surface area (Å²) in [5.41, 5.74) is 3.84. The van der Waals surface area contributed by atoms with Gasteiger partial charge >= 0.3 is 0 Å². The van der Waals surface area contributed by atoms with Crippen LogP contribution in [0, 0.1) is 5.92 Å². The average Bonchev–Trinajstić information content (AvgIpc) is 2.89. The minimum Gasteiger partial charge on any atom is -0.236 e. The molecule has 2 nitrogen and oxygen atoms in total. The fourth-order valence-electron chi connectivity index (χ4n) is 5.04. The molecule has 0 radical (unpaired) electrons. The number of aromatic nitrogens is 2. The SMILES string of the molecule is CCCCCCCCCCCCc1cnc(-c2ccc(CCCCCCCCCC(C)C)cc2)nc1. The summed E-state index contributed by atoms with van der Waals surface area (Å²) in [6.45, 7) is 6.95. The first-order valence-corrected chi connectivity index (χ1v) is 15.6. The maximum absolute atomic E-state index is 4.66. The van der Waals surface area contributed by atoms with E-state index < -0.39 is 0 Å². The van der Waals surface area contributed by atoms with Gasteiger partial charge in [0.15, 0.2) is 5.82 Å². The van der Waals surface area contributed by atoms with Crippen molar-refractivity contribution in [3.8, 4) is 11.4 Å². The van der Waals surface area contributed by atoms with Crippen molar-refractivity contribution in [1.29, 1.82) is 0 Å². The molecule has 0 amide bonds. The van der Waals surface area contributed by atoms with Crippen molar-refractivity contribution in [1.82, 2.24) is 9.97 Å². The zero-order valence-corrected chi connectivity index (χ0v) is 24.1. The van der Waals surface area contributed by atoms with Gasteiger partial charge in [-0.2, -0.15) is 0 Å². The normalized spacial score (nSPS) is 11.4. The van der Waals surface area contributed by atoms with Gasteiger partial charge in [-0.3, -0.25) is 0 Å². The van der Waals surface area contributed by atoms with Gasteiger partial charge in [0.2, 0.25) is 0 Å². The quantitative estimate of drug-likeness (QED) is 0.153. The molecule has 0 aliphatic rings. The van der Waals surface area contributed by atoms with Gasteiger partial charge in [-0.05, 0) is 42.7 Å². The molecule has 0 aliphatic carbocycles. The van der Waals surface area contributed by atoms with Crippen molar-refractivity contribution in [2.24, 2.45) is 5.92 Å². The molecule has 0 atom stereocenters. The van der Waals surface area contributed by atoms with Gasteiger partial charge in [0, 0.05) is 18.0 Å². The monoisotopic (exact) mass is 492 g/mol. The number of hydrogen-bond donors (Lipinski definition) is 0. The van der Waals surface area contributed by atoms with E-state index in [1.165, 1.54) is 133 Å². The number of nitrogens with zero attached hydrogens (tertiary/aromatic N) is 2. The Hall–Kier alpha value is -1.70. The zero-order chi connectivity index (χ0) is 25.7. The number of benzene rings is 1. The molecule has 0 aliphatic heterocycles. The molecule has 2 aromatic rings. The number of aryl methyl sites for hydroxylation is 2. The molecule has 1 aromatic carbocycles. The van der Waals surface area contributed by atoms with Crippen LogP contribution < -0.4 is 0 Å². The Balaban J connectivity index is 1.54. The van der Waals surface area contributed by atoms with E-state index in [1.54, 1.807) is 0 Å². The van der Waals surface area contributed by atoms with Crippen LogP contribution in [0.3, 0.4) is 0 Å². The lowest BCUT2D eigenvalue weighted by Gasteiger charge is -2.06. The van der Waals surface area contributed by atoms with Crippen LogP contribution in [0.5, 0.6) is 0 Å². The first-order valence-electron chi connectivity index (χ1n) is 15.6. The third kappa shape index (κ3) is 14.8. The molecule has 0 bridgehead atoms. The van der Waals surface area contributed by atoms with E-state index in [-0.39, 0.29) is 0 Å². The van der Waals surface area contributed by atoms with Crippen LogP contribution in [0.25, 0.3) is 11.4 Å². The second kappa shape index (κ2) is 20.4. The molecule has 0 saturated heterocycles. The standard InChI is InChI=1S/C34H56N2/c1-4-5-6-7-8-9-10-13-17-20-23-32-28-35-34(36-29-32)33-26-24-31(25-27-33)22-19-16-14-11-12-15-18-21-30(2)3/h24-30H,4-23H2,1-3H3. The van der Waals surface area contributed by atoms with Crippen molar-refractivity contribution < 1.29 is 0 Å². The second-order valence-electron chi connectivity index (χ2n) is 11.5. The van der Waals surface area contributed by atoms with Gasteiger partial charge in [0.25, 0.3) is 0 Å². The topological polar surface area (TPSA) is 25.8 Å². The van der Waals surface area contributed by atoms with Gasteiger partial charge in [-0.25, -0.2) is 9.97 Å². The van der Waals surface area contributed by atoms with Crippen LogP contribution >= 0.6 is 0 Å². The van der Waals surface area contributed by atoms with Crippen molar-refractivity contribution in [3.63, 3.8) is 0 Å². The maximum atomic E-state index is 4.66. The van der Waals surface area contributed by atoms with Crippen molar-refractivity contribution in [3.05, 3.63) is 47.8 Å². The van der Waals surface area contributed by atoms with E-state index in [9.17, 15) is 0 Å². The third-order valence-corrected chi connectivity index (χ3v) is 7.48. The van der Waals surface area contributed by atoms with Gasteiger partial charge in [0.1, 0.15) is 0 Å². The van der Waals surface area contributed by atoms with E-state index in [0.29, 0.717) is 0 Å². The molecule has 202 valence electrons. The van der Waals surface area contributed by atoms with Crippen LogP contribution in [0.2, 0.25) is 0 Å². The second-order valence-corrected chi connectivity index (χ2v) is 11.5. The first-order chi connectivity index (χ1) is 17.7. The van der Waals surface area contributed by atoms with E-state index in [2.05, 4.69) is 55.0 Å². The molecule has 0 fully saturated rings. The Morgan fingerprint density at radius 1 is 0.528 bits per heavy atom. The minimum atomic E-state index is 0.853. The van der Waals surface area contributed by atoms with Gasteiger partial charge in [-0.15, -0.1) is 0 Å². The summed E-state index contributed by atoms with van der Waals surface area (Å²) in [5, 5.41) is 0. The highest BCUT2D eigenvalue weighted by atomic mass is 14.9. The first kappa shape index (κ1) is 30.5. The Labute approximate surface area is 224 Å². The largest absolute Gasteiger partial charge is 0.236 e. The van der Waals surface area contributed by atoms with Crippen LogP contribution in [0.15, 0.2) is 36.7 Å². The highest BCUT2D eigenvalue weighted by Gasteiger charge is 2.03. The fraction of sp³-hybridized carbons (Fsp3) is 0.706. The Morgan fingerprint density at radius 3 is 1.47 bits per heavy atom. The Bertz CT molecular complexity index is 748. The Kier molecular flexibility index (Phi) is 17.3. The van der Waals surface area contributed by atoms with Crippen molar-refractivity contribution in [2.45, 2.75) is 149 Å². The summed E-state index contributed by atoms with van der Waals surface area (Å²) in [6, 6.07) is 8.92. The van der Waals surface area contributed by atoms with Crippen LogP contribution in [-0.2, 0) is 12.8 Å². The highest BCUT2D eigenvalue weighted by molar-refractivity contribution is 5.55. The zero-order valence-electron chi connectivity index (χ0n) is 24.1. The number of hydrogen-bond acceptors (Lipinski definition) is 2. The van der Waals surface area contributed by atoms with Crippen molar-refractivity contribution >= 4 is 0 Å². The minimum absolute atomic E-state index is 0.853. The molecule has 0 unspecified atom stereocenters. The van der Waals surface area contributed by atoms with E-state index >= 15 is 0 Å². The lowest BCUT2D eigenvalue weighted by Crippen LogP contribution is -1.94. The fourth-order valence-corrected chi connectivity index (χ4v) is 5.04. The summed E-state index contributed by atoms with van der Waals surface area (Å²) in [7, 11) is 0. The highest BCUT2D eigenvalue weighted by Crippen LogP contribution is 2.18. The molecule has 2 rings (SSSR count). The van der Waals surface area contributed by atoms with Gasteiger partial charge in [-0.1, -0.05) is 148 Å². The van der Waals surface area contributed by atoms with E-state index in [4.69, 9.17) is 0 Å². The number of rotatable bonds is 22. The summed E-state index contributed by atoms with van der Waals surface area (Å²) in [5.74, 6) is 1.72. The number of unbranched alkanes of at least 4 members (excludes halogenated alkanes) is 15. The lowest BCUT2D eigenvalue weighted by molar-refractivity contribution is 0.509. The molecule has 0 N–H and O–H groups in total. The van der Waals surface area contributed by atoms with E-state index in [1.807, 2.05) is 12.4 Å². The molecular formula is C34H56N2. The molecule has 1 heterocycles. The van der Waals surface area contributed by atoms with E-state index in [0.717, 1.165) is 23.7 Å². The Morgan fingerprint density at radius 2 is 0.972 bits per heavy atom. The molecule has 36 heavy (non-hydrogen) atoms.